The van der Waals surface area contributed by atoms with E-state index in [0.717, 1.165) is 16.9 Å². The van der Waals surface area contributed by atoms with Crippen LogP contribution in [-0.2, 0) is 21.6 Å². The smallest absolute Gasteiger partial charge is 0.309 e. The molecule has 0 aromatic heterocycles. The minimum absolute atomic E-state index is 0.191. The lowest BCUT2D eigenvalue weighted by Crippen LogP contribution is -2.34. The summed E-state index contributed by atoms with van der Waals surface area (Å²) in [6, 6.07) is 22.3. The molecule has 0 N–H and O–H groups in total. The van der Waals surface area contributed by atoms with Crippen molar-refractivity contribution in [3.05, 3.63) is 77.9 Å². The Balaban J connectivity index is 1.85. The highest BCUT2D eigenvalue weighted by molar-refractivity contribution is 5.88. The van der Waals surface area contributed by atoms with E-state index >= 15 is 0 Å². The molecule has 3 heteroatoms. The summed E-state index contributed by atoms with van der Waals surface area (Å²) in [5.41, 5.74) is 1.44. The lowest BCUT2D eigenvalue weighted by atomic mass is 9.85. The number of carbonyl (C=O) groups excluding carboxylic acids is 1. The van der Waals surface area contributed by atoms with E-state index in [2.05, 4.69) is 18.2 Å². The molecule has 3 aromatic rings. The molecule has 1 heterocycles. The minimum atomic E-state index is -0.708. The molecule has 0 fully saturated rings. The average molecular weight is 318 g/mol. The molecule has 4 rings (SSSR count). The number of ether oxygens (including phenoxy) is 2. The number of hydrogen-bond donors (Lipinski definition) is 0. The molecular formula is C21H18O3. The van der Waals surface area contributed by atoms with Crippen LogP contribution in [0.2, 0.25) is 0 Å². The predicted molar refractivity (Wildman–Crippen MR) is 93.0 cm³/mol. The number of hydrogen-bond acceptors (Lipinski definition) is 3. The molecule has 1 aliphatic rings. The molecule has 0 saturated carbocycles. The summed E-state index contributed by atoms with van der Waals surface area (Å²) in [6.45, 7) is 0. The Morgan fingerprint density at radius 3 is 2.58 bits per heavy atom. The third-order valence-corrected chi connectivity index (χ3v) is 4.72. The molecule has 1 atom stereocenters. The van der Waals surface area contributed by atoms with Crippen molar-refractivity contribution in [2.75, 3.05) is 7.11 Å². The van der Waals surface area contributed by atoms with Gasteiger partial charge in [-0.3, -0.25) is 4.79 Å². The van der Waals surface area contributed by atoms with Gasteiger partial charge in [-0.2, -0.15) is 0 Å². The van der Waals surface area contributed by atoms with Gasteiger partial charge in [0.15, 0.2) is 0 Å². The van der Waals surface area contributed by atoms with Crippen LogP contribution in [0.25, 0.3) is 10.8 Å². The Morgan fingerprint density at radius 2 is 1.79 bits per heavy atom. The number of methoxy groups -OCH3 is 1. The Labute approximate surface area is 140 Å². The third-order valence-electron chi connectivity index (χ3n) is 4.72. The second kappa shape index (κ2) is 5.68. The van der Waals surface area contributed by atoms with Crippen LogP contribution in [0.15, 0.2) is 66.7 Å². The van der Waals surface area contributed by atoms with Crippen LogP contribution in [0, 0.1) is 0 Å². The van der Waals surface area contributed by atoms with Gasteiger partial charge in [0.25, 0.3) is 0 Å². The van der Waals surface area contributed by atoms with Crippen LogP contribution in [0.3, 0.4) is 0 Å². The molecule has 0 spiro atoms. The fraction of sp³-hybridized carbons (Fsp3) is 0.190. The highest BCUT2D eigenvalue weighted by atomic mass is 16.5. The normalized spacial score (nSPS) is 18.9. The summed E-state index contributed by atoms with van der Waals surface area (Å²) >= 11 is 0. The lowest BCUT2D eigenvalue weighted by Gasteiger charge is -2.28. The fourth-order valence-electron chi connectivity index (χ4n) is 3.53. The first-order chi connectivity index (χ1) is 11.7. The molecule has 24 heavy (non-hydrogen) atoms. The van der Waals surface area contributed by atoms with E-state index in [0.29, 0.717) is 6.42 Å². The molecule has 3 nitrogen and oxygen atoms in total. The van der Waals surface area contributed by atoms with Crippen molar-refractivity contribution in [2.45, 2.75) is 18.4 Å². The first-order valence-corrected chi connectivity index (χ1v) is 8.04. The van der Waals surface area contributed by atoms with E-state index in [1.807, 2.05) is 48.5 Å². The quantitative estimate of drug-likeness (QED) is 0.678. The van der Waals surface area contributed by atoms with E-state index in [-0.39, 0.29) is 12.4 Å². The van der Waals surface area contributed by atoms with Gasteiger partial charge in [0, 0.05) is 12.0 Å². The van der Waals surface area contributed by atoms with Crippen molar-refractivity contribution < 1.29 is 14.3 Å². The average Bonchev–Trinajstić information content (AvgIpc) is 3.02. The maximum Gasteiger partial charge on any atom is 0.309 e. The zero-order chi connectivity index (χ0) is 16.6. The van der Waals surface area contributed by atoms with E-state index < -0.39 is 5.60 Å². The first kappa shape index (κ1) is 14.8. The van der Waals surface area contributed by atoms with Crippen LogP contribution in [-0.4, -0.2) is 13.1 Å². The molecular weight excluding hydrogens is 300 g/mol. The first-order valence-electron chi connectivity index (χ1n) is 8.04. The van der Waals surface area contributed by atoms with E-state index in [9.17, 15) is 4.79 Å². The zero-order valence-electron chi connectivity index (χ0n) is 13.5. The number of fused-ring (bicyclic) bond motifs is 3. The van der Waals surface area contributed by atoms with Gasteiger partial charge in [0.2, 0.25) is 0 Å². The van der Waals surface area contributed by atoms with Crippen molar-refractivity contribution in [1.29, 1.82) is 0 Å². The van der Waals surface area contributed by atoms with Crippen LogP contribution >= 0.6 is 0 Å². The molecule has 120 valence electrons. The lowest BCUT2D eigenvalue weighted by molar-refractivity contribution is -0.145. The minimum Gasteiger partial charge on any atom is -0.481 e. The molecule has 1 unspecified atom stereocenters. The summed E-state index contributed by atoms with van der Waals surface area (Å²) in [6.07, 6.45) is 0.847. The van der Waals surface area contributed by atoms with Gasteiger partial charge in [0.05, 0.1) is 13.5 Å². The molecule has 0 aliphatic carbocycles. The topological polar surface area (TPSA) is 35.5 Å². The van der Waals surface area contributed by atoms with Gasteiger partial charge in [-0.05, 0) is 22.4 Å². The largest absolute Gasteiger partial charge is 0.481 e. The van der Waals surface area contributed by atoms with Crippen LogP contribution in [0.4, 0.5) is 0 Å². The standard InChI is InChI=1S/C21H18O3/c1-23-20(22)14-21(16-8-3-2-4-9-16)13-18-17-10-6-5-7-15(17)11-12-19(18)24-21/h2-12H,13-14H2,1H3. The van der Waals surface area contributed by atoms with Gasteiger partial charge in [-0.1, -0.05) is 60.7 Å². The second-order valence-corrected chi connectivity index (χ2v) is 6.16. The van der Waals surface area contributed by atoms with Crippen molar-refractivity contribution in [2.24, 2.45) is 0 Å². The van der Waals surface area contributed by atoms with Gasteiger partial charge < -0.3 is 9.47 Å². The molecule has 0 saturated heterocycles. The Kier molecular flexibility index (Phi) is 3.49. The maximum absolute atomic E-state index is 12.1. The number of rotatable bonds is 3. The number of esters is 1. The molecule has 0 amide bonds. The van der Waals surface area contributed by atoms with Crippen molar-refractivity contribution in [3.8, 4) is 5.75 Å². The van der Waals surface area contributed by atoms with Crippen LogP contribution < -0.4 is 4.74 Å². The van der Waals surface area contributed by atoms with Crippen LogP contribution in [0.1, 0.15) is 17.5 Å². The summed E-state index contributed by atoms with van der Waals surface area (Å²) in [7, 11) is 1.42. The molecule has 0 bridgehead atoms. The van der Waals surface area contributed by atoms with Gasteiger partial charge in [0.1, 0.15) is 11.4 Å². The van der Waals surface area contributed by atoms with E-state index in [1.165, 1.54) is 17.9 Å². The van der Waals surface area contributed by atoms with Gasteiger partial charge >= 0.3 is 5.97 Å². The number of benzene rings is 3. The van der Waals surface area contributed by atoms with Crippen molar-refractivity contribution in [1.82, 2.24) is 0 Å². The summed E-state index contributed by atoms with van der Waals surface area (Å²) in [5.74, 6) is 0.581. The Hall–Kier alpha value is -2.81. The Morgan fingerprint density at radius 1 is 1.04 bits per heavy atom. The molecule has 3 aromatic carbocycles. The zero-order valence-corrected chi connectivity index (χ0v) is 13.5. The highest BCUT2D eigenvalue weighted by Crippen LogP contribution is 2.46. The van der Waals surface area contributed by atoms with Crippen molar-refractivity contribution in [3.63, 3.8) is 0 Å². The number of carbonyl (C=O) groups is 1. The Bertz CT molecular complexity index is 901. The predicted octanol–water partition coefficient (Wildman–Crippen LogP) is 4.23. The van der Waals surface area contributed by atoms with Crippen LogP contribution in [0.5, 0.6) is 5.75 Å². The van der Waals surface area contributed by atoms with Gasteiger partial charge in [-0.25, -0.2) is 0 Å². The monoisotopic (exact) mass is 318 g/mol. The van der Waals surface area contributed by atoms with Crippen molar-refractivity contribution >= 4 is 16.7 Å². The summed E-state index contributed by atoms with van der Waals surface area (Å²) in [5, 5.41) is 2.36. The van der Waals surface area contributed by atoms with Gasteiger partial charge in [-0.15, -0.1) is 0 Å². The molecule has 1 aliphatic heterocycles. The summed E-state index contributed by atoms with van der Waals surface area (Å²) < 4.78 is 11.3. The highest BCUT2D eigenvalue weighted by Gasteiger charge is 2.43. The SMILES string of the molecule is COC(=O)CC1(c2ccccc2)Cc2c(ccc3ccccc23)O1. The maximum atomic E-state index is 12.1. The van der Waals surface area contributed by atoms with E-state index in [1.54, 1.807) is 0 Å². The fourth-order valence-corrected chi connectivity index (χ4v) is 3.53. The van der Waals surface area contributed by atoms with E-state index in [4.69, 9.17) is 9.47 Å². The second-order valence-electron chi connectivity index (χ2n) is 6.16. The molecule has 0 radical (unpaired) electrons. The summed E-state index contributed by atoms with van der Waals surface area (Å²) in [4.78, 5) is 12.1. The third kappa shape index (κ3) is 2.33.